The van der Waals surface area contributed by atoms with Crippen molar-refractivity contribution in [2.45, 2.75) is 57.5 Å². The van der Waals surface area contributed by atoms with Gasteiger partial charge in [0.15, 0.2) is 5.76 Å². The second-order valence-corrected chi connectivity index (χ2v) is 9.86. The lowest BCUT2D eigenvalue weighted by Crippen LogP contribution is -2.62. The lowest BCUT2D eigenvalue weighted by atomic mass is 9.48. The smallest absolute Gasteiger partial charge is 0.306 e. The third kappa shape index (κ3) is 1.64. The molecule has 5 aliphatic rings. The number of anilines is 1. The first-order chi connectivity index (χ1) is 13.7. The van der Waals surface area contributed by atoms with E-state index in [2.05, 4.69) is 58.6 Å². The quantitative estimate of drug-likeness (QED) is 0.567. The van der Waals surface area contributed by atoms with Gasteiger partial charge in [0.1, 0.15) is 5.54 Å². The Morgan fingerprint density at radius 1 is 1.04 bits per heavy atom. The predicted molar refractivity (Wildman–Crippen MR) is 108 cm³/mol. The number of oxazole rings is 1. The number of rotatable bonds is 1. The molecule has 4 fully saturated rings. The Labute approximate surface area is 165 Å². The minimum absolute atomic E-state index is 0.00891. The van der Waals surface area contributed by atoms with Crippen LogP contribution in [0.4, 0.5) is 5.69 Å². The van der Waals surface area contributed by atoms with Gasteiger partial charge in [0.05, 0.1) is 11.7 Å². The molecule has 1 aliphatic heterocycles. The molecule has 1 aromatic carbocycles. The number of nitrogens with zero attached hydrogens (tertiary/aromatic N) is 3. The number of benzene rings is 1. The first-order valence-electron chi connectivity index (χ1n) is 11.0. The fourth-order valence-corrected chi connectivity index (χ4v) is 7.94. The Kier molecular flexibility index (Phi) is 2.81. The summed E-state index contributed by atoms with van der Waals surface area (Å²) in [5.74, 6) is 5.27. The lowest BCUT2D eigenvalue weighted by molar-refractivity contribution is -0.0680. The molecule has 1 spiro atoms. The molecule has 1 unspecified atom stereocenters. The van der Waals surface area contributed by atoms with Crippen LogP contribution >= 0.6 is 0 Å². The van der Waals surface area contributed by atoms with Crippen LogP contribution in [0.1, 0.15) is 62.1 Å². The van der Waals surface area contributed by atoms with Gasteiger partial charge in [-0.1, -0.05) is 18.2 Å². The molecule has 3 heterocycles. The van der Waals surface area contributed by atoms with Crippen molar-refractivity contribution in [1.29, 1.82) is 0 Å². The van der Waals surface area contributed by atoms with Crippen LogP contribution in [-0.2, 0) is 5.54 Å². The average molecular weight is 374 g/mol. The SMILES string of the molecule is Cc1ccccc1N1C(C)c2c(oc3nccn23)C12C1CC3CC(C1)CC2C3. The van der Waals surface area contributed by atoms with Crippen molar-refractivity contribution < 1.29 is 4.42 Å². The van der Waals surface area contributed by atoms with Crippen LogP contribution in [0, 0.1) is 30.6 Å². The van der Waals surface area contributed by atoms with E-state index in [0.717, 1.165) is 17.7 Å². The maximum Gasteiger partial charge on any atom is 0.306 e. The highest BCUT2D eigenvalue weighted by atomic mass is 16.4. The Morgan fingerprint density at radius 2 is 1.75 bits per heavy atom. The van der Waals surface area contributed by atoms with Crippen LogP contribution in [0.25, 0.3) is 5.84 Å². The summed E-state index contributed by atoms with van der Waals surface area (Å²) in [6.07, 6.45) is 10.9. The zero-order valence-electron chi connectivity index (χ0n) is 16.6. The maximum atomic E-state index is 6.60. The van der Waals surface area contributed by atoms with E-state index in [1.165, 1.54) is 54.8 Å². The first kappa shape index (κ1) is 15.7. The van der Waals surface area contributed by atoms with Crippen molar-refractivity contribution in [3.63, 3.8) is 0 Å². The monoisotopic (exact) mass is 373 g/mol. The van der Waals surface area contributed by atoms with Crippen LogP contribution in [0.15, 0.2) is 41.1 Å². The van der Waals surface area contributed by atoms with E-state index in [1.54, 1.807) is 0 Å². The summed E-state index contributed by atoms with van der Waals surface area (Å²) in [6, 6.07) is 9.25. The maximum absolute atomic E-state index is 6.60. The van der Waals surface area contributed by atoms with Gasteiger partial charge in [-0.15, -0.1) is 0 Å². The number of aromatic nitrogens is 2. The number of hydrogen-bond donors (Lipinski definition) is 0. The molecule has 2 aromatic heterocycles. The summed E-state index contributed by atoms with van der Waals surface area (Å²) >= 11 is 0. The molecule has 28 heavy (non-hydrogen) atoms. The second-order valence-electron chi connectivity index (χ2n) is 9.86. The van der Waals surface area contributed by atoms with Gasteiger partial charge < -0.3 is 9.32 Å². The Morgan fingerprint density at radius 3 is 2.46 bits per heavy atom. The number of imidazole rings is 1. The fourth-order valence-electron chi connectivity index (χ4n) is 7.94. The van der Waals surface area contributed by atoms with Crippen molar-refractivity contribution >= 4 is 11.5 Å². The molecule has 4 nitrogen and oxygen atoms in total. The molecule has 0 amide bonds. The summed E-state index contributed by atoms with van der Waals surface area (Å²) in [5, 5.41) is 0. The van der Waals surface area contributed by atoms with Crippen molar-refractivity contribution in [3.8, 4) is 0 Å². The minimum atomic E-state index is 0.00891. The molecule has 3 aromatic rings. The lowest BCUT2D eigenvalue weighted by Gasteiger charge is -2.63. The molecule has 1 atom stereocenters. The van der Waals surface area contributed by atoms with Gasteiger partial charge in [-0.2, -0.15) is 0 Å². The third-order valence-electron chi connectivity index (χ3n) is 8.60. The Bertz CT molecular complexity index is 1060. The summed E-state index contributed by atoms with van der Waals surface area (Å²) in [5.41, 5.74) is 4.11. The van der Waals surface area contributed by atoms with Gasteiger partial charge in [-0.3, -0.25) is 4.40 Å². The van der Waals surface area contributed by atoms with E-state index < -0.39 is 0 Å². The van der Waals surface area contributed by atoms with Crippen molar-refractivity contribution in [3.05, 3.63) is 53.7 Å². The number of fused-ring (bicyclic) bond motifs is 3. The molecule has 0 N–H and O–H groups in total. The minimum Gasteiger partial charge on any atom is -0.425 e. The molecule has 4 heteroatoms. The predicted octanol–water partition coefficient (Wildman–Crippen LogP) is 5.47. The molecular formula is C24H27N3O. The molecular weight excluding hydrogens is 346 g/mol. The molecule has 4 saturated carbocycles. The van der Waals surface area contributed by atoms with Crippen LogP contribution in [0.5, 0.6) is 0 Å². The van der Waals surface area contributed by atoms with E-state index >= 15 is 0 Å². The van der Waals surface area contributed by atoms with Crippen LogP contribution in [-0.4, -0.2) is 9.38 Å². The first-order valence-corrected chi connectivity index (χ1v) is 11.0. The third-order valence-corrected chi connectivity index (χ3v) is 8.60. The fraction of sp³-hybridized carbons (Fsp3) is 0.542. The van der Waals surface area contributed by atoms with Gasteiger partial charge in [-0.05, 0) is 81.3 Å². The van der Waals surface area contributed by atoms with E-state index in [9.17, 15) is 0 Å². The van der Waals surface area contributed by atoms with Gasteiger partial charge in [0, 0.05) is 18.1 Å². The molecule has 4 bridgehead atoms. The normalized spacial score (nSPS) is 38.1. The number of aryl methyl sites for hydroxylation is 1. The van der Waals surface area contributed by atoms with E-state index in [1.807, 2.05) is 6.20 Å². The van der Waals surface area contributed by atoms with Crippen molar-refractivity contribution in [1.82, 2.24) is 9.38 Å². The highest BCUT2D eigenvalue weighted by Gasteiger charge is 2.67. The number of hydrogen-bond acceptors (Lipinski definition) is 3. The second kappa shape index (κ2) is 5.03. The van der Waals surface area contributed by atoms with Gasteiger partial charge in [-0.25, -0.2) is 4.98 Å². The largest absolute Gasteiger partial charge is 0.425 e. The molecule has 4 aliphatic carbocycles. The highest BCUT2D eigenvalue weighted by molar-refractivity contribution is 5.63. The van der Waals surface area contributed by atoms with Crippen LogP contribution < -0.4 is 4.90 Å². The standard InChI is InChI=1S/C24H27N3O/c1-14-5-3-4-6-20(14)27-15(2)21-22(28-23-25-7-8-26(21)23)24(27)18-10-16-9-17(12-18)13-19(24)11-16/h3-8,15-19H,9-13H2,1-2H3. The van der Waals surface area contributed by atoms with E-state index in [0.29, 0.717) is 17.9 Å². The Hall–Kier alpha value is -2.23. The summed E-state index contributed by atoms with van der Waals surface area (Å²) < 4.78 is 8.82. The van der Waals surface area contributed by atoms with Crippen LogP contribution in [0.2, 0.25) is 0 Å². The molecule has 0 radical (unpaired) electrons. The molecule has 8 rings (SSSR count). The molecule has 0 saturated heterocycles. The summed E-state index contributed by atoms with van der Waals surface area (Å²) in [6.45, 7) is 4.64. The van der Waals surface area contributed by atoms with E-state index in [-0.39, 0.29) is 5.54 Å². The molecule has 144 valence electrons. The summed E-state index contributed by atoms with van der Waals surface area (Å²) in [7, 11) is 0. The average Bonchev–Trinajstić information content (AvgIpc) is 3.31. The Balaban J connectivity index is 1.54. The van der Waals surface area contributed by atoms with Crippen molar-refractivity contribution in [2.24, 2.45) is 23.7 Å². The van der Waals surface area contributed by atoms with E-state index in [4.69, 9.17) is 4.42 Å². The topological polar surface area (TPSA) is 33.7 Å². The summed E-state index contributed by atoms with van der Waals surface area (Å²) in [4.78, 5) is 7.29. The van der Waals surface area contributed by atoms with Gasteiger partial charge >= 0.3 is 5.84 Å². The van der Waals surface area contributed by atoms with Crippen molar-refractivity contribution in [2.75, 3.05) is 4.90 Å². The number of para-hydroxylation sites is 1. The van der Waals surface area contributed by atoms with Crippen LogP contribution in [0.3, 0.4) is 0 Å². The zero-order chi connectivity index (χ0) is 18.6. The zero-order valence-corrected chi connectivity index (χ0v) is 16.6. The van der Waals surface area contributed by atoms with Gasteiger partial charge in [0.25, 0.3) is 0 Å². The van der Waals surface area contributed by atoms with Gasteiger partial charge in [0.2, 0.25) is 0 Å². The highest BCUT2D eigenvalue weighted by Crippen LogP contribution is 2.69.